The third kappa shape index (κ3) is 4.44. The molecular weight excluding hydrogens is 464 g/mol. The van der Waals surface area contributed by atoms with Crippen molar-refractivity contribution in [3.8, 4) is 11.5 Å². The van der Waals surface area contributed by atoms with E-state index < -0.39 is 12.0 Å². The molecule has 1 aliphatic heterocycles. The number of allylic oxidation sites excluding steroid dienone is 2. The highest BCUT2D eigenvalue weighted by atomic mass is 32.1. The zero-order chi connectivity index (χ0) is 25.1. The molecule has 1 aromatic heterocycles. The van der Waals surface area contributed by atoms with Gasteiger partial charge in [-0.05, 0) is 42.2 Å². The van der Waals surface area contributed by atoms with Crippen LogP contribution in [-0.4, -0.2) is 29.9 Å². The fourth-order valence-corrected chi connectivity index (χ4v) is 5.23. The molecule has 1 N–H and O–H groups in total. The number of aromatic hydroxyl groups is 1. The minimum absolute atomic E-state index is 0.0467. The quantitative estimate of drug-likeness (QED) is 0.406. The molecule has 0 radical (unpaired) electrons. The number of fused-ring (bicyclic) bond motifs is 1. The molecule has 0 saturated heterocycles. The zero-order valence-electron chi connectivity index (χ0n) is 19.8. The normalized spacial score (nSPS) is 15.4. The van der Waals surface area contributed by atoms with Gasteiger partial charge in [0, 0.05) is 5.56 Å². The van der Waals surface area contributed by atoms with E-state index in [1.165, 1.54) is 25.6 Å². The van der Waals surface area contributed by atoms with E-state index in [1.54, 1.807) is 28.9 Å². The lowest BCUT2D eigenvalue weighted by atomic mass is 9.95. The maximum Gasteiger partial charge on any atom is 0.338 e. The third-order valence-corrected chi connectivity index (χ3v) is 6.81. The molecule has 2 heterocycles. The Balaban J connectivity index is 1.98. The highest BCUT2D eigenvalue weighted by molar-refractivity contribution is 7.07. The monoisotopic (exact) mass is 490 g/mol. The number of hydrogen-bond donors (Lipinski definition) is 1. The van der Waals surface area contributed by atoms with Crippen molar-refractivity contribution in [2.24, 2.45) is 4.99 Å². The van der Waals surface area contributed by atoms with Crippen LogP contribution in [-0.2, 0) is 16.0 Å². The highest BCUT2D eigenvalue weighted by Crippen LogP contribution is 2.33. The second kappa shape index (κ2) is 10.1. The Kier molecular flexibility index (Phi) is 7.02. The van der Waals surface area contributed by atoms with Gasteiger partial charge < -0.3 is 14.6 Å². The summed E-state index contributed by atoms with van der Waals surface area (Å²) in [5.41, 5.74) is 2.82. The van der Waals surface area contributed by atoms with Crippen LogP contribution < -0.4 is 19.6 Å². The number of carbonyl (C=O) groups excluding carboxylic acids is 1. The summed E-state index contributed by atoms with van der Waals surface area (Å²) >= 11 is 1.25. The molecule has 0 amide bonds. The summed E-state index contributed by atoms with van der Waals surface area (Å²) in [7, 11) is 2.81. The van der Waals surface area contributed by atoms with E-state index in [9.17, 15) is 14.7 Å². The molecule has 0 fully saturated rings. The molecular formula is C27H26N2O5S. The summed E-state index contributed by atoms with van der Waals surface area (Å²) in [6.45, 7) is 5.66. The van der Waals surface area contributed by atoms with Crippen LogP contribution in [0.25, 0.3) is 6.08 Å². The van der Waals surface area contributed by atoms with Crippen molar-refractivity contribution in [3.05, 3.63) is 103 Å². The smallest absolute Gasteiger partial charge is 0.338 e. The Bertz CT molecular complexity index is 1500. The van der Waals surface area contributed by atoms with Gasteiger partial charge >= 0.3 is 5.97 Å². The summed E-state index contributed by atoms with van der Waals surface area (Å²) < 4.78 is 12.4. The number of thiazole rings is 1. The summed E-state index contributed by atoms with van der Waals surface area (Å²) in [5, 5.41) is 10.4. The summed E-state index contributed by atoms with van der Waals surface area (Å²) in [4.78, 5) is 31.7. The Morgan fingerprint density at radius 3 is 2.63 bits per heavy atom. The lowest BCUT2D eigenvalue weighted by Gasteiger charge is -2.25. The molecule has 35 heavy (non-hydrogen) atoms. The molecule has 0 saturated carbocycles. The molecule has 1 aliphatic rings. The largest absolute Gasteiger partial charge is 0.504 e. The van der Waals surface area contributed by atoms with Crippen molar-refractivity contribution < 1.29 is 19.4 Å². The average Bonchev–Trinajstić information content (AvgIpc) is 3.19. The molecule has 0 aliphatic carbocycles. The Hall–Kier alpha value is -3.91. The molecule has 8 heteroatoms. The van der Waals surface area contributed by atoms with E-state index in [2.05, 4.69) is 11.6 Å². The maximum absolute atomic E-state index is 13.7. The van der Waals surface area contributed by atoms with Crippen molar-refractivity contribution in [2.45, 2.75) is 25.8 Å². The van der Waals surface area contributed by atoms with E-state index >= 15 is 0 Å². The van der Waals surface area contributed by atoms with E-state index in [-0.39, 0.29) is 11.3 Å². The lowest BCUT2D eigenvalue weighted by Crippen LogP contribution is -2.40. The molecule has 4 rings (SSSR count). The standard InChI is InChI=1S/C27H26N2O5S/c1-5-10-18-13-16(14-20(33-3)24(18)30)15-21-25(31)29-23(17-11-8-7-9-12-17)22(26(32)34-4)19(6-2)28-27(29)35-21/h5,7-9,11-15,23,30H,1,6,10H2,2-4H3/b21-15-/t23-/m1/s1. The van der Waals surface area contributed by atoms with Gasteiger partial charge in [-0.3, -0.25) is 9.36 Å². The van der Waals surface area contributed by atoms with Crippen molar-refractivity contribution in [3.63, 3.8) is 0 Å². The highest BCUT2D eigenvalue weighted by Gasteiger charge is 2.33. The van der Waals surface area contributed by atoms with Crippen LogP contribution in [0.3, 0.4) is 0 Å². The maximum atomic E-state index is 13.7. The van der Waals surface area contributed by atoms with Gasteiger partial charge in [0.2, 0.25) is 0 Å². The van der Waals surface area contributed by atoms with Gasteiger partial charge in [0.15, 0.2) is 16.3 Å². The van der Waals surface area contributed by atoms with E-state index in [0.717, 1.165) is 5.56 Å². The van der Waals surface area contributed by atoms with Gasteiger partial charge in [-0.2, -0.15) is 0 Å². The Morgan fingerprint density at radius 1 is 1.26 bits per heavy atom. The summed E-state index contributed by atoms with van der Waals surface area (Å²) in [6, 6.07) is 12.2. The number of esters is 1. The van der Waals surface area contributed by atoms with Gasteiger partial charge in [0.1, 0.15) is 0 Å². The van der Waals surface area contributed by atoms with Crippen LogP contribution in [0.4, 0.5) is 0 Å². The molecule has 3 aromatic rings. The number of methoxy groups -OCH3 is 2. The van der Waals surface area contributed by atoms with Crippen LogP contribution in [0.2, 0.25) is 0 Å². The predicted molar refractivity (Wildman–Crippen MR) is 135 cm³/mol. The number of phenolic OH excluding ortho intramolecular Hbond substituents is 1. The van der Waals surface area contributed by atoms with Gasteiger partial charge in [-0.1, -0.05) is 54.7 Å². The van der Waals surface area contributed by atoms with Crippen LogP contribution in [0, 0.1) is 0 Å². The molecule has 1 atom stereocenters. The average molecular weight is 491 g/mol. The number of nitrogens with zero attached hydrogens (tertiary/aromatic N) is 2. The van der Waals surface area contributed by atoms with Crippen molar-refractivity contribution >= 4 is 23.4 Å². The number of rotatable bonds is 7. The minimum Gasteiger partial charge on any atom is -0.504 e. The van der Waals surface area contributed by atoms with Gasteiger partial charge in [-0.15, -0.1) is 6.58 Å². The van der Waals surface area contributed by atoms with E-state index in [4.69, 9.17) is 9.47 Å². The molecule has 0 spiro atoms. The summed E-state index contributed by atoms with van der Waals surface area (Å²) in [5.74, 6) is -0.150. The van der Waals surface area contributed by atoms with Gasteiger partial charge in [0.05, 0.1) is 36.1 Å². The van der Waals surface area contributed by atoms with Crippen molar-refractivity contribution in [1.82, 2.24) is 4.57 Å². The van der Waals surface area contributed by atoms with Crippen LogP contribution in [0.1, 0.15) is 36.1 Å². The second-order valence-corrected chi connectivity index (χ2v) is 8.93. The number of hydrogen-bond acceptors (Lipinski definition) is 7. The predicted octanol–water partition coefficient (Wildman–Crippen LogP) is 3.24. The van der Waals surface area contributed by atoms with Gasteiger partial charge in [0.25, 0.3) is 5.56 Å². The molecule has 2 aromatic carbocycles. The molecule has 7 nitrogen and oxygen atoms in total. The van der Waals surface area contributed by atoms with Crippen LogP contribution in [0.5, 0.6) is 11.5 Å². The zero-order valence-corrected chi connectivity index (χ0v) is 20.6. The third-order valence-electron chi connectivity index (χ3n) is 5.82. The number of phenols is 1. The van der Waals surface area contributed by atoms with Gasteiger partial charge in [-0.25, -0.2) is 9.79 Å². The first kappa shape index (κ1) is 24.2. The SMILES string of the molecule is C=CCc1cc(/C=c2\sc3n(c2=O)[C@H](c2ccccc2)C(C(=O)OC)=C(CC)N=3)cc(OC)c1O. The topological polar surface area (TPSA) is 90.1 Å². The number of aromatic nitrogens is 1. The fraction of sp³-hybridized carbons (Fsp3) is 0.222. The number of carbonyl (C=O) groups is 1. The molecule has 180 valence electrons. The van der Waals surface area contributed by atoms with E-state index in [0.29, 0.717) is 50.3 Å². The lowest BCUT2D eigenvalue weighted by molar-refractivity contribution is -0.136. The van der Waals surface area contributed by atoms with Crippen molar-refractivity contribution in [1.29, 1.82) is 0 Å². The van der Waals surface area contributed by atoms with Crippen molar-refractivity contribution in [2.75, 3.05) is 14.2 Å². The number of benzene rings is 2. The van der Waals surface area contributed by atoms with Crippen LogP contribution in [0.15, 0.2) is 76.2 Å². The first-order valence-corrected chi connectivity index (χ1v) is 11.9. The summed E-state index contributed by atoms with van der Waals surface area (Å²) in [6.07, 6.45) is 4.39. The molecule has 0 unspecified atom stereocenters. The van der Waals surface area contributed by atoms with E-state index in [1.807, 2.05) is 37.3 Å². The first-order chi connectivity index (χ1) is 16.9. The first-order valence-electron chi connectivity index (χ1n) is 11.1. The number of ether oxygens (including phenoxy) is 2. The second-order valence-electron chi connectivity index (χ2n) is 7.92. The fourth-order valence-electron chi connectivity index (χ4n) is 4.21. The Labute approximate surface area is 206 Å². The van der Waals surface area contributed by atoms with Crippen LogP contribution >= 0.6 is 11.3 Å². The molecule has 0 bridgehead atoms. The minimum atomic E-state index is -0.650. The Morgan fingerprint density at radius 2 is 2.00 bits per heavy atom.